The highest BCUT2D eigenvalue weighted by molar-refractivity contribution is 7.80. The minimum Gasteiger partial charge on any atom is -0.459 e. The number of aliphatic hydroxyl groups excluding tert-OH is 1. The predicted molar refractivity (Wildman–Crippen MR) is 110 cm³/mol. The average Bonchev–Trinajstić information content (AvgIpc) is 3.13. The van der Waals surface area contributed by atoms with Gasteiger partial charge in [0.2, 0.25) is 0 Å². The summed E-state index contributed by atoms with van der Waals surface area (Å²) in [6, 6.07) is 15.4. The Bertz CT molecular complexity index is 1000. The normalized spacial score (nSPS) is 10.5. The van der Waals surface area contributed by atoms with E-state index in [2.05, 4.69) is 10.6 Å². The number of benzene rings is 2. The van der Waals surface area contributed by atoms with Crippen LogP contribution < -0.4 is 10.6 Å². The van der Waals surface area contributed by atoms with Crippen LogP contribution >= 0.6 is 35.4 Å². The van der Waals surface area contributed by atoms with Gasteiger partial charge >= 0.3 is 0 Å². The molecule has 5 nitrogen and oxygen atoms in total. The van der Waals surface area contributed by atoms with E-state index >= 15 is 0 Å². The molecule has 0 aliphatic rings. The van der Waals surface area contributed by atoms with Crippen molar-refractivity contribution in [1.29, 1.82) is 0 Å². The van der Waals surface area contributed by atoms with Crippen LogP contribution in [0.5, 0.6) is 0 Å². The van der Waals surface area contributed by atoms with Crippen LogP contribution in [-0.4, -0.2) is 16.1 Å². The summed E-state index contributed by atoms with van der Waals surface area (Å²) in [4.78, 5) is 12.3. The Morgan fingerprint density at radius 1 is 1.11 bits per heavy atom. The van der Waals surface area contributed by atoms with Crippen LogP contribution in [0.3, 0.4) is 0 Å². The average molecular weight is 421 g/mol. The number of carbonyl (C=O) groups excluding carboxylic acids is 1. The zero-order chi connectivity index (χ0) is 19.4. The predicted octanol–water partition coefficient (Wildman–Crippen LogP) is 4.87. The number of hydrogen-bond donors (Lipinski definition) is 3. The van der Waals surface area contributed by atoms with E-state index in [0.717, 1.165) is 5.56 Å². The summed E-state index contributed by atoms with van der Waals surface area (Å²) in [5.41, 5.74) is 1.69. The Morgan fingerprint density at radius 2 is 1.93 bits per heavy atom. The Balaban J connectivity index is 1.70. The number of aliphatic hydroxyl groups is 1. The lowest BCUT2D eigenvalue weighted by molar-refractivity contribution is 0.0978. The Hall–Kier alpha value is -2.38. The summed E-state index contributed by atoms with van der Waals surface area (Å²) in [5, 5.41) is 15.4. The van der Waals surface area contributed by atoms with Crippen molar-refractivity contribution in [3.63, 3.8) is 0 Å². The maximum atomic E-state index is 12.3. The van der Waals surface area contributed by atoms with Gasteiger partial charge in [-0.2, -0.15) is 0 Å². The van der Waals surface area contributed by atoms with E-state index < -0.39 is 5.91 Å². The van der Waals surface area contributed by atoms with Crippen molar-refractivity contribution < 1.29 is 14.3 Å². The van der Waals surface area contributed by atoms with Crippen molar-refractivity contribution in [3.05, 3.63) is 76.0 Å². The molecule has 0 aliphatic heterocycles. The molecule has 3 N–H and O–H groups in total. The molecule has 1 heterocycles. The van der Waals surface area contributed by atoms with Gasteiger partial charge in [-0.15, -0.1) is 0 Å². The molecule has 0 unspecified atom stereocenters. The third-order valence-corrected chi connectivity index (χ3v) is 4.39. The summed E-state index contributed by atoms with van der Waals surface area (Å²) in [5.74, 6) is 0.627. The Morgan fingerprint density at radius 3 is 2.67 bits per heavy atom. The first kappa shape index (κ1) is 19.4. The molecule has 3 aromatic rings. The molecule has 0 bridgehead atoms. The first-order chi connectivity index (χ1) is 13.0. The van der Waals surface area contributed by atoms with E-state index in [0.29, 0.717) is 22.2 Å². The van der Waals surface area contributed by atoms with Gasteiger partial charge < -0.3 is 14.8 Å². The van der Waals surface area contributed by atoms with Gasteiger partial charge in [0.25, 0.3) is 5.91 Å². The van der Waals surface area contributed by atoms with Crippen LogP contribution in [0.15, 0.2) is 59.0 Å². The van der Waals surface area contributed by atoms with E-state index in [-0.39, 0.29) is 22.3 Å². The summed E-state index contributed by atoms with van der Waals surface area (Å²) in [6.07, 6.45) is 0. The molecular weight excluding hydrogens is 407 g/mol. The molecule has 0 aliphatic carbocycles. The molecule has 0 fully saturated rings. The molecule has 2 aromatic carbocycles. The van der Waals surface area contributed by atoms with Crippen molar-refractivity contribution in [2.75, 3.05) is 5.32 Å². The number of thiocarbonyl (C=S) groups is 1. The van der Waals surface area contributed by atoms with Gasteiger partial charge in [-0.05, 0) is 54.7 Å². The van der Waals surface area contributed by atoms with Gasteiger partial charge in [-0.3, -0.25) is 10.1 Å². The van der Waals surface area contributed by atoms with Gasteiger partial charge in [-0.25, -0.2) is 0 Å². The highest BCUT2D eigenvalue weighted by Crippen LogP contribution is 2.25. The van der Waals surface area contributed by atoms with Gasteiger partial charge in [0, 0.05) is 16.3 Å². The van der Waals surface area contributed by atoms with E-state index in [1.54, 1.807) is 30.3 Å². The van der Waals surface area contributed by atoms with Crippen LogP contribution in [-0.2, 0) is 6.61 Å². The molecule has 138 valence electrons. The summed E-state index contributed by atoms with van der Waals surface area (Å²) >= 11 is 17.1. The second kappa shape index (κ2) is 8.54. The molecule has 0 radical (unpaired) electrons. The molecule has 3 rings (SSSR count). The number of amides is 1. The van der Waals surface area contributed by atoms with E-state index in [1.165, 1.54) is 6.07 Å². The third-order valence-electron chi connectivity index (χ3n) is 3.62. The number of anilines is 1. The fourth-order valence-electron chi connectivity index (χ4n) is 2.37. The van der Waals surface area contributed by atoms with Crippen LogP contribution in [0.1, 0.15) is 16.1 Å². The van der Waals surface area contributed by atoms with Crippen LogP contribution in [0.4, 0.5) is 5.69 Å². The Labute approximate surface area is 170 Å². The highest BCUT2D eigenvalue weighted by Gasteiger charge is 2.13. The molecular formula is C19H14Cl2N2O3S. The zero-order valence-electron chi connectivity index (χ0n) is 13.8. The topological polar surface area (TPSA) is 74.5 Å². The SMILES string of the molecule is O=C(NC(=S)Nc1cccc(-c2ccc(CO)o2)c1)c1cc(Cl)ccc1Cl. The summed E-state index contributed by atoms with van der Waals surface area (Å²) in [6.45, 7) is -0.167. The van der Waals surface area contributed by atoms with Gasteiger partial charge in [-0.1, -0.05) is 35.3 Å². The molecule has 1 aromatic heterocycles. The number of hydrogen-bond acceptors (Lipinski definition) is 4. The number of carbonyl (C=O) groups is 1. The third kappa shape index (κ3) is 4.87. The van der Waals surface area contributed by atoms with Crippen molar-refractivity contribution in [3.8, 4) is 11.3 Å². The van der Waals surface area contributed by atoms with Crippen molar-refractivity contribution >= 4 is 52.1 Å². The van der Waals surface area contributed by atoms with Crippen LogP contribution in [0.25, 0.3) is 11.3 Å². The number of rotatable bonds is 4. The minimum absolute atomic E-state index is 0.115. The molecule has 1 amide bonds. The van der Waals surface area contributed by atoms with Crippen molar-refractivity contribution in [2.24, 2.45) is 0 Å². The lowest BCUT2D eigenvalue weighted by atomic mass is 10.1. The zero-order valence-corrected chi connectivity index (χ0v) is 16.2. The summed E-state index contributed by atoms with van der Waals surface area (Å²) in [7, 11) is 0. The first-order valence-electron chi connectivity index (χ1n) is 7.83. The highest BCUT2D eigenvalue weighted by atomic mass is 35.5. The number of halogens is 2. The lowest BCUT2D eigenvalue weighted by Gasteiger charge is -2.11. The minimum atomic E-state index is -0.463. The van der Waals surface area contributed by atoms with Crippen LogP contribution in [0.2, 0.25) is 10.0 Å². The quantitative estimate of drug-likeness (QED) is 0.524. The van der Waals surface area contributed by atoms with Crippen LogP contribution in [0, 0.1) is 0 Å². The lowest BCUT2D eigenvalue weighted by Crippen LogP contribution is -2.34. The first-order valence-corrected chi connectivity index (χ1v) is 9.00. The maximum Gasteiger partial charge on any atom is 0.258 e. The number of furan rings is 1. The molecule has 27 heavy (non-hydrogen) atoms. The number of nitrogens with one attached hydrogen (secondary N) is 2. The Kier molecular flexibility index (Phi) is 6.13. The molecule has 0 spiro atoms. The van der Waals surface area contributed by atoms with Gasteiger partial charge in [0.05, 0.1) is 10.6 Å². The van der Waals surface area contributed by atoms with Gasteiger partial charge in [0.15, 0.2) is 5.11 Å². The smallest absolute Gasteiger partial charge is 0.258 e. The van der Waals surface area contributed by atoms with Crippen molar-refractivity contribution in [2.45, 2.75) is 6.61 Å². The fraction of sp³-hybridized carbons (Fsp3) is 0.0526. The molecule has 0 atom stereocenters. The fourth-order valence-corrected chi connectivity index (χ4v) is 2.96. The molecule has 8 heteroatoms. The van der Waals surface area contributed by atoms with E-state index in [4.69, 9.17) is 44.9 Å². The maximum absolute atomic E-state index is 12.3. The van der Waals surface area contributed by atoms with Gasteiger partial charge in [0.1, 0.15) is 18.1 Å². The molecule has 0 saturated heterocycles. The molecule has 0 saturated carbocycles. The standard InChI is InChI=1S/C19H14Cl2N2O3S/c20-12-4-6-16(21)15(9-12)18(25)23-19(27)22-13-3-1-2-11(8-13)17-7-5-14(10-24)26-17/h1-9,24H,10H2,(H2,22,23,25,27). The van der Waals surface area contributed by atoms with Crippen molar-refractivity contribution in [1.82, 2.24) is 5.32 Å². The summed E-state index contributed by atoms with van der Waals surface area (Å²) < 4.78 is 5.52. The monoisotopic (exact) mass is 420 g/mol. The second-order valence-corrected chi connectivity index (χ2v) is 6.79. The van der Waals surface area contributed by atoms with E-state index in [9.17, 15) is 4.79 Å². The largest absolute Gasteiger partial charge is 0.459 e. The second-order valence-electron chi connectivity index (χ2n) is 5.54. The van der Waals surface area contributed by atoms with E-state index in [1.807, 2.05) is 18.2 Å².